The first kappa shape index (κ1) is 11.0. The fourth-order valence-electron chi connectivity index (χ4n) is 3.79. The molecule has 0 unspecified atom stereocenters. The van der Waals surface area contributed by atoms with Gasteiger partial charge in [0.1, 0.15) is 0 Å². The summed E-state index contributed by atoms with van der Waals surface area (Å²) in [5, 5.41) is 0. The smallest absolute Gasteiger partial charge is 0.308 e. The number of carbonyl (C=O) groups excluding carboxylic acids is 1. The van der Waals surface area contributed by atoms with Crippen molar-refractivity contribution in [3.8, 4) is 0 Å². The number of rotatable bonds is 1. The number of ether oxygens (including phenoxy) is 1. The van der Waals surface area contributed by atoms with Gasteiger partial charge in [0.15, 0.2) is 0 Å². The van der Waals surface area contributed by atoms with Gasteiger partial charge in [-0.15, -0.1) is 0 Å². The van der Waals surface area contributed by atoms with Crippen molar-refractivity contribution in [2.24, 2.45) is 23.2 Å². The quantitative estimate of drug-likeness (QED) is 0.622. The Morgan fingerprint density at radius 1 is 1.40 bits per heavy atom. The van der Waals surface area contributed by atoms with Crippen molar-refractivity contribution < 1.29 is 9.53 Å². The second kappa shape index (κ2) is 3.80. The Hall–Kier alpha value is -0.530. The zero-order valence-electron chi connectivity index (χ0n) is 10.1. The van der Waals surface area contributed by atoms with Crippen LogP contribution in [0, 0.1) is 23.2 Å². The van der Waals surface area contributed by atoms with Crippen molar-refractivity contribution in [2.45, 2.75) is 46.0 Å². The van der Waals surface area contributed by atoms with Crippen LogP contribution >= 0.6 is 0 Å². The van der Waals surface area contributed by atoms with E-state index in [0.717, 1.165) is 24.7 Å². The molecule has 0 N–H and O–H groups in total. The highest BCUT2D eigenvalue weighted by molar-refractivity contribution is 5.72. The molecular weight excluding hydrogens is 188 g/mol. The molecular formula is C13H22O2. The number of methoxy groups -OCH3 is 1. The van der Waals surface area contributed by atoms with Gasteiger partial charge in [-0.3, -0.25) is 4.79 Å². The largest absolute Gasteiger partial charge is 0.469 e. The van der Waals surface area contributed by atoms with Crippen molar-refractivity contribution in [3.05, 3.63) is 0 Å². The monoisotopic (exact) mass is 210 g/mol. The second-order valence-corrected chi connectivity index (χ2v) is 5.69. The second-order valence-electron chi connectivity index (χ2n) is 5.69. The predicted octanol–water partition coefficient (Wildman–Crippen LogP) is 3.01. The fraction of sp³-hybridized carbons (Fsp3) is 0.923. The highest BCUT2D eigenvalue weighted by Gasteiger charge is 2.50. The SMILES string of the molecule is COC(=O)[C@H]1C[C@H]2CCC[C@H](C)[C@@]2(C)C1. The number of fused-ring (bicyclic) bond motifs is 1. The molecule has 0 radical (unpaired) electrons. The molecule has 2 nitrogen and oxygen atoms in total. The lowest BCUT2D eigenvalue weighted by atomic mass is 9.63. The van der Waals surface area contributed by atoms with Crippen LogP contribution in [0.1, 0.15) is 46.0 Å². The third kappa shape index (κ3) is 1.68. The lowest BCUT2D eigenvalue weighted by molar-refractivity contribution is -0.145. The molecule has 86 valence electrons. The van der Waals surface area contributed by atoms with Gasteiger partial charge in [0.2, 0.25) is 0 Å². The van der Waals surface area contributed by atoms with E-state index in [2.05, 4.69) is 13.8 Å². The van der Waals surface area contributed by atoms with E-state index in [4.69, 9.17) is 4.74 Å². The molecule has 2 saturated carbocycles. The van der Waals surface area contributed by atoms with Gasteiger partial charge in [0, 0.05) is 0 Å². The molecule has 4 atom stereocenters. The Morgan fingerprint density at radius 2 is 2.13 bits per heavy atom. The van der Waals surface area contributed by atoms with Crippen molar-refractivity contribution in [1.82, 2.24) is 0 Å². The van der Waals surface area contributed by atoms with Crippen LogP contribution in [0.3, 0.4) is 0 Å². The third-order valence-electron chi connectivity index (χ3n) is 5.04. The van der Waals surface area contributed by atoms with Crippen LogP contribution in [-0.2, 0) is 9.53 Å². The first-order chi connectivity index (χ1) is 7.08. The molecule has 0 heterocycles. The first-order valence-electron chi connectivity index (χ1n) is 6.15. The van der Waals surface area contributed by atoms with Gasteiger partial charge < -0.3 is 4.74 Å². The van der Waals surface area contributed by atoms with Gasteiger partial charge in [0.25, 0.3) is 0 Å². The lowest BCUT2D eigenvalue weighted by Crippen LogP contribution is -2.33. The van der Waals surface area contributed by atoms with Crippen LogP contribution in [0.25, 0.3) is 0 Å². The predicted molar refractivity (Wildman–Crippen MR) is 59.4 cm³/mol. The summed E-state index contributed by atoms with van der Waals surface area (Å²) in [6.45, 7) is 4.73. The number of esters is 1. The highest BCUT2D eigenvalue weighted by Crippen LogP contribution is 2.56. The van der Waals surface area contributed by atoms with Gasteiger partial charge in [0.05, 0.1) is 13.0 Å². The van der Waals surface area contributed by atoms with Crippen molar-refractivity contribution >= 4 is 5.97 Å². The van der Waals surface area contributed by atoms with Crippen LogP contribution in [0.5, 0.6) is 0 Å². The molecule has 0 aromatic rings. The van der Waals surface area contributed by atoms with Crippen LogP contribution in [0.2, 0.25) is 0 Å². The van der Waals surface area contributed by atoms with Gasteiger partial charge in [-0.25, -0.2) is 0 Å². The summed E-state index contributed by atoms with van der Waals surface area (Å²) in [6.07, 6.45) is 6.10. The molecule has 0 aliphatic heterocycles. The maximum atomic E-state index is 11.6. The molecule has 0 aromatic carbocycles. The first-order valence-corrected chi connectivity index (χ1v) is 6.15. The van der Waals surface area contributed by atoms with E-state index in [-0.39, 0.29) is 11.9 Å². The van der Waals surface area contributed by atoms with Gasteiger partial charge >= 0.3 is 5.97 Å². The van der Waals surface area contributed by atoms with E-state index in [0.29, 0.717) is 5.41 Å². The van der Waals surface area contributed by atoms with Crippen molar-refractivity contribution in [2.75, 3.05) is 7.11 Å². The summed E-state index contributed by atoms with van der Waals surface area (Å²) in [5.41, 5.74) is 0.400. The van der Waals surface area contributed by atoms with E-state index in [1.807, 2.05) is 0 Å². The minimum absolute atomic E-state index is 0.0119. The average molecular weight is 210 g/mol. The average Bonchev–Trinajstić information content (AvgIpc) is 2.57. The molecule has 0 spiro atoms. The van der Waals surface area contributed by atoms with Crippen LogP contribution in [0.4, 0.5) is 0 Å². The fourth-order valence-corrected chi connectivity index (χ4v) is 3.79. The van der Waals surface area contributed by atoms with Crippen molar-refractivity contribution in [1.29, 1.82) is 0 Å². The Labute approximate surface area is 92.4 Å². The Bertz CT molecular complexity index is 261. The molecule has 0 saturated heterocycles. The van der Waals surface area contributed by atoms with Gasteiger partial charge in [-0.2, -0.15) is 0 Å². The molecule has 2 aliphatic carbocycles. The van der Waals surface area contributed by atoms with Crippen LogP contribution < -0.4 is 0 Å². The molecule has 2 heteroatoms. The minimum Gasteiger partial charge on any atom is -0.469 e. The Kier molecular flexibility index (Phi) is 2.78. The van der Waals surface area contributed by atoms with E-state index in [1.54, 1.807) is 0 Å². The standard InChI is InChI=1S/C13H22O2/c1-9-5-4-6-11-7-10(12(14)15-3)8-13(9,11)2/h9-11H,4-8H2,1-3H3/t9-,10-,11+,13+/m0/s1. The van der Waals surface area contributed by atoms with Crippen molar-refractivity contribution in [3.63, 3.8) is 0 Å². The summed E-state index contributed by atoms with van der Waals surface area (Å²) in [7, 11) is 1.51. The highest BCUT2D eigenvalue weighted by atomic mass is 16.5. The van der Waals surface area contributed by atoms with E-state index < -0.39 is 0 Å². The minimum atomic E-state index is 0.0119. The summed E-state index contributed by atoms with van der Waals surface area (Å²) in [6, 6.07) is 0. The summed E-state index contributed by atoms with van der Waals surface area (Å²) in [4.78, 5) is 11.6. The molecule has 2 rings (SSSR count). The van der Waals surface area contributed by atoms with E-state index in [1.165, 1.54) is 26.4 Å². The maximum Gasteiger partial charge on any atom is 0.308 e. The maximum absolute atomic E-state index is 11.6. The zero-order chi connectivity index (χ0) is 11.1. The molecule has 0 aromatic heterocycles. The van der Waals surface area contributed by atoms with E-state index in [9.17, 15) is 4.79 Å². The van der Waals surface area contributed by atoms with Gasteiger partial charge in [-0.05, 0) is 36.5 Å². The number of hydrogen-bond donors (Lipinski definition) is 0. The Balaban J connectivity index is 2.13. The zero-order valence-corrected chi connectivity index (χ0v) is 10.1. The molecule has 15 heavy (non-hydrogen) atoms. The van der Waals surface area contributed by atoms with Crippen LogP contribution in [-0.4, -0.2) is 13.1 Å². The third-order valence-corrected chi connectivity index (χ3v) is 5.04. The molecule has 2 fully saturated rings. The summed E-state index contributed by atoms with van der Waals surface area (Å²) >= 11 is 0. The van der Waals surface area contributed by atoms with E-state index >= 15 is 0 Å². The topological polar surface area (TPSA) is 26.3 Å². The number of hydrogen-bond acceptors (Lipinski definition) is 2. The molecule has 0 bridgehead atoms. The summed E-state index contributed by atoms with van der Waals surface area (Å²) in [5.74, 6) is 1.71. The van der Waals surface area contributed by atoms with Gasteiger partial charge in [-0.1, -0.05) is 26.7 Å². The summed E-state index contributed by atoms with van der Waals surface area (Å²) < 4.78 is 4.88. The van der Waals surface area contributed by atoms with Crippen LogP contribution in [0.15, 0.2) is 0 Å². The normalized spacial score (nSPS) is 44.9. The molecule has 0 amide bonds. The lowest BCUT2D eigenvalue weighted by Gasteiger charge is -2.42. The Morgan fingerprint density at radius 3 is 2.73 bits per heavy atom. The molecule has 2 aliphatic rings. The number of carbonyl (C=O) groups is 1.